The fourth-order valence-electron chi connectivity index (χ4n) is 3.28. The Kier molecular flexibility index (Phi) is 4.28. The molecule has 0 bridgehead atoms. The summed E-state index contributed by atoms with van der Waals surface area (Å²) in [6, 6.07) is 13.2. The molecule has 3 heterocycles. The normalized spacial score (nSPS) is 15.0. The van der Waals surface area contributed by atoms with E-state index in [9.17, 15) is 5.11 Å². The van der Waals surface area contributed by atoms with Gasteiger partial charge in [0.1, 0.15) is 17.4 Å². The van der Waals surface area contributed by atoms with Crippen molar-refractivity contribution in [1.29, 1.82) is 5.26 Å². The largest absolute Gasteiger partial charge is 0.508 e. The van der Waals surface area contributed by atoms with E-state index in [4.69, 9.17) is 5.26 Å². The van der Waals surface area contributed by atoms with Gasteiger partial charge in [0, 0.05) is 47.9 Å². The summed E-state index contributed by atoms with van der Waals surface area (Å²) in [5.74, 6) is 2.04. The summed E-state index contributed by atoms with van der Waals surface area (Å²) >= 11 is 0. The number of piperidine rings is 1. The minimum absolute atomic E-state index is 0.148. The van der Waals surface area contributed by atoms with E-state index in [0.29, 0.717) is 0 Å². The molecule has 1 aliphatic rings. The maximum absolute atomic E-state index is 9.40. The Balaban J connectivity index is 1.64. The van der Waals surface area contributed by atoms with Crippen molar-refractivity contribution in [3.8, 4) is 11.8 Å². The van der Waals surface area contributed by atoms with Crippen molar-refractivity contribution in [2.24, 2.45) is 5.92 Å². The van der Waals surface area contributed by atoms with Gasteiger partial charge < -0.3 is 15.3 Å². The Morgan fingerprint density at radius 2 is 1.88 bits per heavy atom. The molecule has 0 radical (unpaired) electrons. The first-order chi connectivity index (χ1) is 12.7. The maximum atomic E-state index is 9.40. The molecule has 1 fully saturated rings. The van der Waals surface area contributed by atoms with Gasteiger partial charge in [0.25, 0.3) is 0 Å². The molecule has 0 amide bonds. The van der Waals surface area contributed by atoms with Crippen molar-refractivity contribution >= 4 is 28.1 Å². The SMILES string of the molecule is N#CC1CCN(c2nccc3cnc(Nc4ccc(O)cc4)cc23)CC1. The van der Waals surface area contributed by atoms with Gasteiger partial charge in [0.15, 0.2) is 0 Å². The minimum atomic E-state index is 0.148. The van der Waals surface area contributed by atoms with Gasteiger partial charge in [-0.05, 0) is 49.2 Å². The van der Waals surface area contributed by atoms with E-state index in [1.165, 1.54) is 0 Å². The number of nitrogens with one attached hydrogen (secondary N) is 1. The summed E-state index contributed by atoms with van der Waals surface area (Å²) < 4.78 is 0. The minimum Gasteiger partial charge on any atom is -0.508 e. The number of phenolic OH excluding ortho intramolecular Hbond substituents is 1. The van der Waals surface area contributed by atoms with Crippen LogP contribution in [0.3, 0.4) is 0 Å². The van der Waals surface area contributed by atoms with E-state index < -0.39 is 0 Å². The van der Waals surface area contributed by atoms with Crippen LogP contribution in [0.5, 0.6) is 5.75 Å². The molecule has 4 rings (SSSR count). The van der Waals surface area contributed by atoms with Crippen LogP contribution in [0.1, 0.15) is 12.8 Å². The molecule has 130 valence electrons. The molecule has 1 aromatic carbocycles. The highest BCUT2D eigenvalue weighted by atomic mass is 16.3. The lowest BCUT2D eigenvalue weighted by Gasteiger charge is -2.30. The Bertz CT molecular complexity index is 956. The lowest BCUT2D eigenvalue weighted by Crippen LogP contribution is -2.33. The first-order valence-corrected chi connectivity index (χ1v) is 8.68. The molecule has 0 aliphatic carbocycles. The Morgan fingerprint density at radius 1 is 1.12 bits per heavy atom. The number of nitrogens with zero attached hydrogens (tertiary/aromatic N) is 4. The molecule has 6 heteroatoms. The third kappa shape index (κ3) is 3.24. The Labute approximate surface area is 151 Å². The zero-order valence-corrected chi connectivity index (χ0v) is 14.3. The summed E-state index contributed by atoms with van der Waals surface area (Å²) in [4.78, 5) is 11.3. The molecule has 6 nitrogen and oxygen atoms in total. The molecule has 0 spiro atoms. The first-order valence-electron chi connectivity index (χ1n) is 8.68. The average molecular weight is 345 g/mol. The van der Waals surface area contributed by atoms with Gasteiger partial charge in [-0.25, -0.2) is 9.97 Å². The quantitative estimate of drug-likeness (QED) is 0.702. The highest BCUT2D eigenvalue weighted by Gasteiger charge is 2.21. The van der Waals surface area contributed by atoms with Crippen LogP contribution in [0.25, 0.3) is 10.8 Å². The number of hydrogen-bond acceptors (Lipinski definition) is 6. The summed E-state index contributed by atoms with van der Waals surface area (Å²) in [5, 5.41) is 23.8. The van der Waals surface area contributed by atoms with Crippen molar-refractivity contribution in [3.63, 3.8) is 0 Å². The van der Waals surface area contributed by atoms with Crippen LogP contribution in [0, 0.1) is 17.2 Å². The lowest BCUT2D eigenvalue weighted by molar-refractivity contribution is 0.475. The number of anilines is 3. The number of pyridine rings is 2. The molecule has 1 saturated heterocycles. The number of phenols is 1. The van der Waals surface area contributed by atoms with Crippen LogP contribution in [-0.4, -0.2) is 28.2 Å². The summed E-state index contributed by atoms with van der Waals surface area (Å²) in [7, 11) is 0. The van der Waals surface area contributed by atoms with E-state index in [2.05, 4.69) is 26.3 Å². The van der Waals surface area contributed by atoms with Crippen LogP contribution in [-0.2, 0) is 0 Å². The predicted molar refractivity (Wildman–Crippen MR) is 101 cm³/mol. The maximum Gasteiger partial charge on any atom is 0.136 e. The van der Waals surface area contributed by atoms with Crippen LogP contribution in [0.15, 0.2) is 48.8 Å². The lowest BCUT2D eigenvalue weighted by atomic mass is 9.98. The van der Waals surface area contributed by atoms with Crippen LogP contribution in [0.4, 0.5) is 17.3 Å². The van der Waals surface area contributed by atoms with Gasteiger partial charge in [-0.1, -0.05) is 0 Å². The van der Waals surface area contributed by atoms with Gasteiger partial charge in [0.05, 0.1) is 6.07 Å². The van der Waals surface area contributed by atoms with Gasteiger partial charge in [-0.2, -0.15) is 5.26 Å². The van der Waals surface area contributed by atoms with Gasteiger partial charge in [0.2, 0.25) is 0 Å². The molecular formula is C20H19N5O. The Morgan fingerprint density at radius 3 is 2.62 bits per heavy atom. The molecule has 26 heavy (non-hydrogen) atoms. The van der Waals surface area contributed by atoms with Crippen molar-refractivity contribution in [2.75, 3.05) is 23.3 Å². The summed E-state index contributed by atoms with van der Waals surface area (Å²) in [5.41, 5.74) is 0.856. The molecule has 0 unspecified atom stereocenters. The van der Waals surface area contributed by atoms with Gasteiger partial charge in [-0.15, -0.1) is 0 Å². The second-order valence-corrected chi connectivity index (χ2v) is 6.49. The van der Waals surface area contributed by atoms with Crippen molar-refractivity contribution in [3.05, 3.63) is 48.8 Å². The predicted octanol–water partition coefficient (Wildman–Crippen LogP) is 3.82. The average Bonchev–Trinajstić information content (AvgIpc) is 2.69. The molecule has 2 aromatic heterocycles. The van der Waals surface area contributed by atoms with E-state index >= 15 is 0 Å². The zero-order chi connectivity index (χ0) is 17.9. The number of aromatic nitrogens is 2. The van der Waals surface area contributed by atoms with E-state index in [0.717, 1.165) is 54.0 Å². The number of nitriles is 1. The summed E-state index contributed by atoms with van der Waals surface area (Å²) in [6.45, 7) is 1.68. The molecule has 3 aromatic rings. The Hall–Kier alpha value is -3.33. The fourth-order valence-corrected chi connectivity index (χ4v) is 3.28. The second-order valence-electron chi connectivity index (χ2n) is 6.49. The molecule has 0 saturated carbocycles. The third-order valence-electron chi connectivity index (χ3n) is 4.74. The number of rotatable bonds is 3. The van der Waals surface area contributed by atoms with E-state index in [1.54, 1.807) is 24.3 Å². The van der Waals surface area contributed by atoms with Gasteiger partial charge in [-0.3, -0.25) is 0 Å². The number of benzene rings is 1. The van der Waals surface area contributed by atoms with Crippen molar-refractivity contribution in [2.45, 2.75) is 12.8 Å². The topological polar surface area (TPSA) is 85.1 Å². The molecule has 0 atom stereocenters. The summed E-state index contributed by atoms with van der Waals surface area (Å²) in [6.07, 6.45) is 5.39. The first kappa shape index (κ1) is 16.2. The van der Waals surface area contributed by atoms with E-state index in [1.807, 2.05) is 24.5 Å². The van der Waals surface area contributed by atoms with Crippen LogP contribution in [0.2, 0.25) is 0 Å². The van der Waals surface area contributed by atoms with Crippen LogP contribution >= 0.6 is 0 Å². The number of fused-ring (bicyclic) bond motifs is 1. The van der Waals surface area contributed by atoms with E-state index in [-0.39, 0.29) is 11.7 Å². The van der Waals surface area contributed by atoms with Gasteiger partial charge >= 0.3 is 0 Å². The number of hydrogen-bond donors (Lipinski definition) is 2. The fraction of sp³-hybridized carbons (Fsp3) is 0.250. The highest BCUT2D eigenvalue weighted by Crippen LogP contribution is 2.30. The molecular weight excluding hydrogens is 326 g/mol. The van der Waals surface area contributed by atoms with Crippen molar-refractivity contribution < 1.29 is 5.11 Å². The van der Waals surface area contributed by atoms with Crippen LogP contribution < -0.4 is 10.2 Å². The zero-order valence-electron chi connectivity index (χ0n) is 14.3. The second kappa shape index (κ2) is 6.89. The molecule has 2 N–H and O–H groups in total. The van der Waals surface area contributed by atoms with Crippen molar-refractivity contribution in [1.82, 2.24) is 9.97 Å². The standard InChI is InChI=1S/C20H19N5O/c21-12-14-6-9-25(10-7-14)20-18-11-19(23-13-15(18)5-8-22-20)24-16-1-3-17(26)4-2-16/h1-5,8,11,13-14,26H,6-7,9-10H2,(H,23,24). The third-order valence-corrected chi connectivity index (χ3v) is 4.74. The number of aromatic hydroxyl groups is 1. The monoisotopic (exact) mass is 345 g/mol. The highest BCUT2D eigenvalue weighted by molar-refractivity contribution is 5.93. The molecule has 1 aliphatic heterocycles. The smallest absolute Gasteiger partial charge is 0.136 e.